The molecule has 0 aliphatic carbocycles. The number of nitrogens with zero attached hydrogens (tertiary/aromatic N) is 2. The predicted molar refractivity (Wildman–Crippen MR) is 126 cm³/mol. The summed E-state index contributed by atoms with van der Waals surface area (Å²) in [7, 11) is 3.25. The number of aromatic nitrogens is 2. The van der Waals surface area contributed by atoms with Crippen molar-refractivity contribution in [2.75, 3.05) is 46.0 Å². The highest BCUT2D eigenvalue weighted by Gasteiger charge is 2.13. The summed E-state index contributed by atoms with van der Waals surface area (Å²) in [6, 6.07) is 10.4. The van der Waals surface area contributed by atoms with Crippen molar-refractivity contribution in [3.8, 4) is 23.8 Å². The van der Waals surface area contributed by atoms with Crippen molar-refractivity contribution in [3.63, 3.8) is 0 Å². The third-order valence-electron chi connectivity index (χ3n) is 4.08. The van der Waals surface area contributed by atoms with E-state index in [0.29, 0.717) is 43.7 Å². The minimum Gasteiger partial charge on any atom is -0.487 e. The fourth-order valence-corrected chi connectivity index (χ4v) is 2.68. The Balaban J connectivity index is 0.000000890. The lowest BCUT2D eigenvalue weighted by molar-refractivity contribution is 0.132. The zero-order valence-corrected chi connectivity index (χ0v) is 18.5. The van der Waals surface area contributed by atoms with Crippen molar-refractivity contribution in [1.82, 2.24) is 9.97 Å². The minimum atomic E-state index is -0.833. The number of nitrogens with one attached hydrogen (secondary N) is 1. The molecule has 2 aromatic carbocycles. The number of anilines is 2. The molecule has 0 fully saturated rings. The van der Waals surface area contributed by atoms with Crippen LogP contribution in [0, 0.1) is 12.3 Å². The molecule has 0 aliphatic heterocycles. The molecule has 0 spiro atoms. The maximum absolute atomic E-state index is 9.00. The Morgan fingerprint density at radius 1 is 1.00 bits per heavy atom. The highest BCUT2D eigenvalue weighted by atomic mass is 16.5. The highest BCUT2D eigenvalue weighted by molar-refractivity contribution is 5.93. The largest absolute Gasteiger partial charge is 0.487 e. The topological polar surface area (TPSA) is 144 Å². The number of carbonyl (C=O) groups excluding carboxylic acids is 1. The molecule has 10 heteroatoms. The van der Waals surface area contributed by atoms with E-state index in [4.69, 9.17) is 30.2 Å². The molecule has 0 saturated carbocycles. The Morgan fingerprint density at radius 3 is 2.24 bits per heavy atom. The third kappa shape index (κ3) is 8.17. The van der Waals surface area contributed by atoms with Crippen molar-refractivity contribution in [2.24, 2.45) is 11.5 Å². The van der Waals surface area contributed by atoms with Crippen molar-refractivity contribution in [3.05, 3.63) is 48.3 Å². The van der Waals surface area contributed by atoms with E-state index < -0.39 is 6.03 Å². The van der Waals surface area contributed by atoms with E-state index in [1.54, 1.807) is 14.2 Å². The standard InChI is InChI=1S/C22H23N3O4.CH4N2O/c1-4-16-6-5-7-17(12-16)25-22-18-13-20(28-10-8-26-2)21(29-11-9-27-3)14-19(18)23-15-24-22;2-1(3)4/h1,5-7,12-15H,8-11H2,2-3H3,(H,23,24,25);(H4,2,3,4). The second-order valence-electron chi connectivity index (χ2n) is 6.47. The molecule has 5 N–H and O–H groups in total. The van der Waals surface area contributed by atoms with Gasteiger partial charge in [-0.2, -0.15) is 0 Å². The number of hydrogen-bond acceptors (Lipinski definition) is 8. The second-order valence-corrected chi connectivity index (χ2v) is 6.47. The maximum atomic E-state index is 9.00. The zero-order chi connectivity index (χ0) is 24.1. The van der Waals surface area contributed by atoms with E-state index in [1.807, 2.05) is 36.4 Å². The van der Waals surface area contributed by atoms with Gasteiger partial charge in [-0.1, -0.05) is 12.0 Å². The predicted octanol–water partition coefficient (Wildman–Crippen LogP) is 2.43. The van der Waals surface area contributed by atoms with Crippen molar-refractivity contribution >= 4 is 28.4 Å². The lowest BCUT2D eigenvalue weighted by Gasteiger charge is -2.15. The van der Waals surface area contributed by atoms with Gasteiger partial charge in [0, 0.05) is 36.9 Å². The smallest absolute Gasteiger partial charge is 0.309 e. The van der Waals surface area contributed by atoms with Crippen LogP contribution in [0.5, 0.6) is 11.5 Å². The van der Waals surface area contributed by atoms with Crippen LogP contribution < -0.4 is 26.3 Å². The number of nitrogens with two attached hydrogens (primary N) is 2. The molecule has 174 valence electrons. The second kappa shape index (κ2) is 13.4. The van der Waals surface area contributed by atoms with Crippen LogP contribution in [0.25, 0.3) is 10.9 Å². The third-order valence-corrected chi connectivity index (χ3v) is 4.08. The van der Waals surface area contributed by atoms with Gasteiger partial charge in [0.15, 0.2) is 11.5 Å². The molecular formula is C23H27N5O5. The van der Waals surface area contributed by atoms with Gasteiger partial charge in [0.25, 0.3) is 0 Å². The number of ether oxygens (including phenoxy) is 4. The number of primary amides is 2. The van der Waals surface area contributed by atoms with Crippen molar-refractivity contribution < 1.29 is 23.7 Å². The Kier molecular flexibility index (Phi) is 10.2. The number of terminal acetylenes is 1. The number of fused-ring (bicyclic) bond motifs is 1. The minimum absolute atomic E-state index is 0.392. The first-order valence-electron chi connectivity index (χ1n) is 9.89. The van der Waals surface area contributed by atoms with Gasteiger partial charge in [-0.3, -0.25) is 0 Å². The first-order valence-corrected chi connectivity index (χ1v) is 9.89. The van der Waals surface area contributed by atoms with E-state index in [-0.39, 0.29) is 0 Å². The molecular weight excluding hydrogens is 426 g/mol. The lowest BCUT2D eigenvalue weighted by atomic mass is 10.2. The van der Waals surface area contributed by atoms with Gasteiger partial charge in [-0.05, 0) is 24.3 Å². The van der Waals surface area contributed by atoms with E-state index in [0.717, 1.165) is 22.2 Å². The van der Waals surface area contributed by atoms with Gasteiger partial charge in [-0.15, -0.1) is 6.42 Å². The molecule has 0 radical (unpaired) electrons. The van der Waals surface area contributed by atoms with Crippen LogP contribution in [-0.4, -0.2) is 56.6 Å². The fraction of sp³-hybridized carbons (Fsp3) is 0.261. The maximum Gasteiger partial charge on any atom is 0.309 e. The Bertz CT molecular complexity index is 1100. The molecule has 3 rings (SSSR count). The molecule has 0 atom stereocenters. The summed E-state index contributed by atoms with van der Waals surface area (Å²) in [5, 5.41) is 4.10. The number of carbonyl (C=O) groups is 1. The van der Waals surface area contributed by atoms with Crippen LogP contribution in [0.3, 0.4) is 0 Å². The van der Waals surface area contributed by atoms with Gasteiger partial charge >= 0.3 is 6.03 Å². The fourth-order valence-electron chi connectivity index (χ4n) is 2.68. The van der Waals surface area contributed by atoms with Crippen LogP contribution in [-0.2, 0) is 9.47 Å². The molecule has 33 heavy (non-hydrogen) atoms. The number of methoxy groups -OCH3 is 2. The van der Waals surface area contributed by atoms with E-state index in [2.05, 4.69) is 32.7 Å². The molecule has 1 heterocycles. The van der Waals surface area contributed by atoms with Gasteiger partial charge in [0.2, 0.25) is 0 Å². The van der Waals surface area contributed by atoms with Gasteiger partial charge in [0.1, 0.15) is 25.4 Å². The molecule has 0 aliphatic rings. The summed E-state index contributed by atoms with van der Waals surface area (Å²) in [5.74, 6) is 4.44. The molecule has 0 saturated heterocycles. The summed E-state index contributed by atoms with van der Waals surface area (Å²) < 4.78 is 21.8. The van der Waals surface area contributed by atoms with Crippen molar-refractivity contribution in [2.45, 2.75) is 0 Å². The summed E-state index contributed by atoms with van der Waals surface area (Å²) in [6.45, 7) is 1.73. The number of rotatable bonds is 10. The highest BCUT2D eigenvalue weighted by Crippen LogP contribution is 2.35. The van der Waals surface area contributed by atoms with Crippen molar-refractivity contribution in [1.29, 1.82) is 0 Å². The van der Waals surface area contributed by atoms with Crippen LogP contribution >= 0.6 is 0 Å². The number of amides is 2. The molecule has 0 unspecified atom stereocenters. The van der Waals surface area contributed by atoms with Crippen LogP contribution in [0.15, 0.2) is 42.7 Å². The average molecular weight is 453 g/mol. The summed E-state index contributed by atoms with van der Waals surface area (Å²) in [4.78, 5) is 17.8. The van der Waals surface area contributed by atoms with E-state index >= 15 is 0 Å². The van der Waals surface area contributed by atoms with Crippen LogP contribution in [0.1, 0.15) is 5.56 Å². The summed E-state index contributed by atoms with van der Waals surface area (Å²) >= 11 is 0. The Morgan fingerprint density at radius 2 is 1.64 bits per heavy atom. The average Bonchev–Trinajstić information content (AvgIpc) is 2.79. The Labute approximate surface area is 192 Å². The Hall–Kier alpha value is -4.07. The summed E-state index contributed by atoms with van der Waals surface area (Å²) in [5.41, 5.74) is 10.8. The van der Waals surface area contributed by atoms with Gasteiger partial charge < -0.3 is 35.7 Å². The van der Waals surface area contributed by atoms with Crippen LogP contribution in [0.4, 0.5) is 16.3 Å². The molecule has 3 aromatic rings. The lowest BCUT2D eigenvalue weighted by Crippen LogP contribution is -2.18. The molecule has 0 bridgehead atoms. The molecule has 1 aromatic heterocycles. The van der Waals surface area contributed by atoms with Gasteiger partial charge in [-0.25, -0.2) is 14.8 Å². The molecule has 2 amide bonds. The molecule has 10 nitrogen and oxygen atoms in total. The van der Waals surface area contributed by atoms with Gasteiger partial charge in [0.05, 0.1) is 18.7 Å². The summed E-state index contributed by atoms with van der Waals surface area (Å²) in [6.07, 6.45) is 6.99. The quantitative estimate of drug-likeness (QED) is 0.314. The first-order chi connectivity index (χ1) is 16.0. The number of hydrogen-bond donors (Lipinski definition) is 3. The SMILES string of the molecule is C#Cc1cccc(Nc2ncnc3cc(OCCOC)c(OCCOC)cc23)c1.NC(N)=O. The first kappa shape index (κ1) is 25.2. The van der Waals surface area contributed by atoms with Crippen LogP contribution in [0.2, 0.25) is 0 Å². The number of benzene rings is 2. The monoisotopic (exact) mass is 453 g/mol. The zero-order valence-electron chi connectivity index (χ0n) is 18.5. The van der Waals surface area contributed by atoms with E-state index in [9.17, 15) is 0 Å². The normalized spacial score (nSPS) is 9.97. The number of urea groups is 1. The van der Waals surface area contributed by atoms with E-state index in [1.165, 1.54) is 6.33 Å².